The molecule has 7 heteroatoms. The van der Waals surface area contributed by atoms with E-state index in [0.29, 0.717) is 12.8 Å². The maximum absolute atomic E-state index is 7.81. The van der Waals surface area contributed by atoms with Crippen molar-refractivity contribution in [2.24, 2.45) is 0 Å². The fourth-order valence-corrected chi connectivity index (χ4v) is 7.93. The van der Waals surface area contributed by atoms with Crippen LogP contribution in [0.5, 0.6) is 46.0 Å². The third kappa shape index (κ3) is 8.30. The van der Waals surface area contributed by atoms with Crippen LogP contribution in [-0.4, -0.2) is 25.8 Å². The van der Waals surface area contributed by atoms with Crippen LogP contribution in [0.3, 0.4) is 0 Å². The molecular weight excluding hydrogens is 713 g/mol. The monoisotopic (exact) mass is 762 g/mol. The highest BCUT2D eigenvalue weighted by Crippen LogP contribution is 2.46. The van der Waals surface area contributed by atoms with Gasteiger partial charge in [-0.2, -0.15) is 0 Å². The van der Waals surface area contributed by atoms with E-state index in [4.69, 9.17) is 33.2 Å². The zero-order valence-corrected chi connectivity index (χ0v) is 33.1. The average Bonchev–Trinajstić information content (AvgIpc) is 3.93. The van der Waals surface area contributed by atoms with Gasteiger partial charge in [0.2, 0.25) is 13.6 Å². The Kier molecular flexibility index (Phi) is 11.1. The smallest absolute Gasteiger partial charge is 0.231 e. The van der Waals surface area contributed by atoms with Crippen molar-refractivity contribution in [1.82, 2.24) is 0 Å². The van der Waals surface area contributed by atoms with Crippen LogP contribution in [0.25, 0.3) is 0 Å². The SMILES string of the molecule is CCC(C)(c1ccc2c(c1)OCO2)C(Cc1cccc(Oc2ccccc2)c1)OC(Cc1cccc(Oc2ccccc2)c1)C(C)(CC)c1ccc2c(c1)OCO2. The number of hydrogen-bond donors (Lipinski definition) is 0. The molecule has 57 heavy (non-hydrogen) atoms. The maximum atomic E-state index is 7.81. The lowest BCUT2D eigenvalue weighted by Gasteiger charge is -2.45. The molecule has 4 unspecified atom stereocenters. The lowest BCUT2D eigenvalue weighted by molar-refractivity contribution is -0.0840. The minimum Gasteiger partial charge on any atom is -0.457 e. The van der Waals surface area contributed by atoms with Crippen molar-refractivity contribution < 1.29 is 33.2 Å². The zero-order chi connectivity index (χ0) is 39.2. The molecule has 292 valence electrons. The van der Waals surface area contributed by atoms with E-state index in [1.165, 1.54) is 0 Å². The predicted molar refractivity (Wildman–Crippen MR) is 222 cm³/mol. The second-order valence-corrected chi connectivity index (χ2v) is 15.3. The number of hydrogen-bond acceptors (Lipinski definition) is 7. The quantitative estimate of drug-likeness (QED) is 0.0973. The largest absolute Gasteiger partial charge is 0.457 e. The Bertz CT molecular complexity index is 2110. The second kappa shape index (κ2) is 16.7. The summed E-state index contributed by atoms with van der Waals surface area (Å²) in [5.41, 5.74) is 3.64. The average molecular weight is 763 g/mol. The topological polar surface area (TPSA) is 64.6 Å². The van der Waals surface area contributed by atoms with E-state index in [2.05, 4.69) is 88.4 Å². The highest BCUT2D eigenvalue weighted by atomic mass is 16.7. The minimum atomic E-state index is -0.433. The summed E-state index contributed by atoms with van der Waals surface area (Å²) in [5, 5.41) is 0. The van der Waals surface area contributed by atoms with Crippen molar-refractivity contribution >= 4 is 0 Å². The first-order valence-electron chi connectivity index (χ1n) is 19.9. The van der Waals surface area contributed by atoms with E-state index >= 15 is 0 Å². The summed E-state index contributed by atoms with van der Waals surface area (Å²) in [6.45, 7) is 9.55. The molecule has 0 spiro atoms. The molecule has 0 N–H and O–H groups in total. The van der Waals surface area contributed by atoms with Gasteiger partial charge in [0, 0.05) is 10.8 Å². The molecule has 0 aliphatic carbocycles. The number of para-hydroxylation sites is 2. The normalized spacial score (nSPS) is 15.9. The van der Waals surface area contributed by atoms with Crippen molar-refractivity contribution in [1.29, 1.82) is 0 Å². The van der Waals surface area contributed by atoms with E-state index in [9.17, 15) is 0 Å². The van der Waals surface area contributed by atoms with Crippen LogP contribution in [0.2, 0.25) is 0 Å². The molecule has 0 radical (unpaired) electrons. The highest BCUT2D eigenvalue weighted by Gasteiger charge is 2.43. The molecule has 2 aliphatic rings. The molecule has 2 aliphatic heterocycles. The number of fused-ring (bicyclic) bond motifs is 2. The fourth-order valence-electron chi connectivity index (χ4n) is 7.93. The van der Waals surface area contributed by atoms with Crippen LogP contribution in [-0.2, 0) is 28.4 Å². The standard InChI is InChI=1S/C50H50O7/c1-5-49(3,37-23-25-43-45(31-37)53-33-51-43)47(29-35-15-13-21-41(27-35)55-39-17-9-7-10-18-39)57-48(50(4,6-2)38-24-26-44-46(32-38)54-34-52-44)30-36-16-14-22-42(28-36)56-40-19-11-8-12-20-40/h7-28,31-32,47-48H,5-6,29-30,33-34H2,1-4H3. The van der Waals surface area contributed by atoms with Gasteiger partial charge in [0.25, 0.3) is 0 Å². The third-order valence-electron chi connectivity index (χ3n) is 11.9. The van der Waals surface area contributed by atoms with Crippen LogP contribution in [0.1, 0.15) is 62.8 Å². The number of rotatable bonds is 16. The van der Waals surface area contributed by atoms with Gasteiger partial charge in [-0.3, -0.25) is 0 Å². The van der Waals surface area contributed by atoms with E-state index in [1.807, 2.05) is 84.9 Å². The van der Waals surface area contributed by atoms with Crippen LogP contribution < -0.4 is 28.4 Å². The van der Waals surface area contributed by atoms with Gasteiger partial charge >= 0.3 is 0 Å². The molecule has 0 fully saturated rings. The van der Waals surface area contributed by atoms with E-state index in [1.54, 1.807) is 0 Å². The van der Waals surface area contributed by atoms with Gasteiger partial charge in [-0.05, 0) is 121 Å². The van der Waals surface area contributed by atoms with Gasteiger partial charge in [0.1, 0.15) is 23.0 Å². The van der Waals surface area contributed by atoms with Gasteiger partial charge < -0.3 is 33.2 Å². The van der Waals surface area contributed by atoms with Crippen LogP contribution in [0.4, 0.5) is 0 Å². The first kappa shape index (κ1) is 38.0. The Morgan fingerprint density at radius 2 is 0.860 bits per heavy atom. The molecular formula is C50H50O7. The van der Waals surface area contributed by atoms with E-state index in [-0.39, 0.29) is 25.8 Å². The fraction of sp³-hybridized carbons (Fsp3) is 0.280. The number of ether oxygens (including phenoxy) is 7. The molecule has 2 heterocycles. The maximum Gasteiger partial charge on any atom is 0.231 e. The van der Waals surface area contributed by atoms with Crippen LogP contribution in [0.15, 0.2) is 146 Å². The molecule has 0 bridgehead atoms. The van der Waals surface area contributed by atoms with Crippen LogP contribution in [0, 0.1) is 0 Å². The van der Waals surface area contributed by atoms with Gasteiger partial charge in [0.05, 0.1) is 12.2 Å². The Labute approximate surface area is 336 Å². The second-order valence-electron chi connectivity index (χ2n) is 15.3. The summed E-state index contributed by atoms with van der Waals surface area (Å²) in [6.07, 6.45) is 2.36. The first-order chi connectivity index (χ1) is 27.8. The minimum absolute atomic E-state index is 0.218. The molecule has 0 amide bonds. The zero-order valence-electron chi connectivity index (χ0n) is 33.1. The number of benzene rings is 6. The van der Waals surface area contributed by atoms with Crippen molar-refractivity contribution in [3.63, 3.8) is 0 Å². The van der Waals surface area contributed by atoms with Crippen molar-refractivity contribution in [2.45, 2.75) is 76.4 Å². The Hall–Kier alpha value is -5.92. The van der Waals surface area contributed by atoms with Crippen molar-refractivity contribution in [2.75, 3.05) is 13.6 Å². The lowest BCUT2D eigenvalue weighted by atomic mass is 9.71. The van der Waals surface area contributed by atoms with Crippen molar-refractivity contribution in [3.05, 3.63) is 168 Å². The van der Waals surface area contributed by atoms with Gasteiger partial charge in [-0.15, -0.1) is 0 Å². The van der Waals surface area contributed by atoms with Gasteiger partial charge in [-0.1, -0.05) is 100 Å². The molecule has 0 saturated carbocycles. The summed E-state index contributed by atoms with van der Waals surface area (Å²) in [5.74, 6) is 6.19. The third-order valence-corrected chi connectivity index (χ3v) is 11.9. The Morgan fingerprint density at radius 3 is 1.28 bits per heavy atom. The summed E-state index contributed by atoms with van der Waals surface area (Å²) in [7, 11) is 0. The van der Waals surface area contributed by atoms with Gasteiger partial charge in [0.15, 0.2) is 23.0 Å². The molecule has 7 nitrogen and oxygen atoms in total. The summed E-state index contributed by atoms with van der Waals surface area (Å²) in [4.78, 5) is 0. The summed E-state index contributed by atoms with van der Waals surface area (Å²) < 4.78 is 43.8. The molecule has 8 rings (SSSR count). The Balaban J connectivity index is 1.20. The van der Waals surface area contributed by atoms with Crippen LogP contribution >= 0.6 is 0 Å². The molecule has 6 aromatic carbocycles. The molecule has 4 atom stereocenters. The molecule has 0 aromatic heterocycles. The highest BCUT2D eigenvalue weighted by molar-refractivity contribution is 5.49. The summed E-state index contributed by atoms with van der Waals surface area (Å²) in [6, 6.07) is 49.2. The Morgan fingerprint density at radius 1 is 0.456 bits per heavy atom. The van der Waals surface area contributed by atoms with E-state index < -0.39 is 10.8 Å². The lowest BCUT2D eigenvalue weighted by Crippen LogP contribution is -2.48. The summed E-state index contributed by atoms with van der Waals surface area (Å²) >= 11 is 0. The first-order valence-corrected chi connectivity index (χ1v) is 19.9. The van der Waals surface area contributed by atoms with Gasteiger partial charge in [-0.25, -0.2) is 0 Å². The molecule has 0 saturated heterocycles. The van der Waals surface area contributed by atoms with Crippen molar-refractivity contribution in [3.8, 4) is 46.0 Å². The van der Waals surface area contributed by atoms with E-state index in [0.717, 1.165) is 81.1 Å². The molecule has 6 aromatic rings. The predicted octanol–water partition coefficient (Wildman–Crippen LogP) is 12.0.